The quantitative estimate of drug-likeness (QED) is 0.803. The lowest BCUT2D eigenvalue weighted by molar-refractivity contribution is 0.0742. The first-order valence-electron chi connectivity index (χ1n) is 9.19. The average Bonchev–Trinajstić information content (AvgIpc) is 3.11. The summed E-state index contributed by atoms with van der Waals surface area (Å²) in [7, 11) is 0. The number of likely N-dealkylation sites (tertiary alicyclic amines) is 1. The van der Waals surface area contributed by atoms with Crippen LogP contribution in [0.4, 0.5) is 0 Å². The Bertz CT molecular complexity index is 718. The van der Waals surface area contributed by atoms with Gasteiger partial charge >= 0.3 is 0 Å². The summed E-state index contributed by atoms with van der Waals surface area (Å²) >= 11 is 0. The molecule has 2 fully saturated rings. The predicted molar refractivity (Wildman–Crippen MR) is 104 cm³/mol. The molecule has 3 rings (SSSR count). The van der Waals surface area contributed by atoms with Crippen LogP contribution in [0, 0.1) is 24.2 Å². The maximum atomic E-state index is 13.1. The smallest absolute Gasteiger partial charge is 0.263 e. The Labute approximate surface area is 161 Å². The van der Waals surface area contributed by atoms with Crippen molar-refractivity contribution in [2.24, 2.45) is 17.3 Å². The second kappa shape index (κ2) is 8.11. The first-order valence-corrected chi connectivity index (χ1v) is 9.19. The normalized spacial score (nSPS) is 24.7. The molecular weight excluding hydrogens is 354 g/mol. The molecule has 0 bridgehead atoms. The molecule has 0 saturated carbocycles. The third kappa shape index (κ3) is 3.68. The van der Waals surface area contributed by atoms with Crippen LogP contribution in [0.3, 0.4) is 0 Å². The molecule has 7 heteroatoms. The molecule has 26 heavy (non-hydrogen) atoms. The molecule has 0 unspecified atom stereocenters. The molecule has 0 aromatic carbocycles. The van der Waals surface area contributed by atoms with Crippen LogP contribution in [0.5, 0.6) is 0 Å². The number of aliphatic hydroxyl groups excluding tert-OH is 1. The summed E-state index contributed by atoms with van der Waals surface area (Å²) in [5.41, 5.74) is 0.560. The summed E-state index contributed by atoms with van der Waals surface area (Å²) in [6.45, 7) is 9.42. The third-order valence-electron chi connectivity index (χ3n) is 5.82. The Hall–Kier alpha value is -1.37. The van der Waals surface area contributed by atoms with Gasteiger partial charge in [-0.25, -0.2) is 0 Å². The van der Waals surface area contributed by atoms with E-state index in [-0.39, 0.29) is 47.4 Å². The number of carbonyl (C=O) groups excluding carboxylic acids is 1. The van der Waals surface area contributed by atoms with Crippen molar-refractivity contribution in [1.82, 2.24) is 14.8 Å². The summed E-state index contributed by atoms with van der Waals surface area (Å²) in [6, 6.07) is 1.86. The van der Waals surface area contributed by atoms with E-state index in [4.69, 9.17) is 0 Å². The van der Waals surface area contributed by atoms with Gasteiger partial charge in [-0.2, -0.15) is 0 Å². The van der Waals surface area contributed by atoms with E-state index in [0.29, 0.717) is 25.6 Å². The van der Waals surface area contributed by atoms with Gasteiger partial charge in [0.2, 0.25) is 0 Å². The van der Waals surface area contributed by atoms with Crippen LogP contribution in [0.15, 0.2) is 17.1 Å². The zero-order valence-electron chi connectivity index (χ0n) is 15.8. The lowest BCUT2D eigenvalue weighted by Gasteiger charge is -2.25. The number of pyridine rings is 1. The fraction of sp³-hybridized carbons (Fsp3) is 0.684. The third-order valence-corrected chi connectivity index (χ3v) is 5.82. The van der Waals surface area contributed by atoms with Crippen LogP contribution in [-0.2, 0) is 6.54 Å². The van der Waals surface area contributed by atoms with Gasteiger partial charge in [0, 0.05) is 44.3 Å². The Kier molecular flexibility index (Phi) is 6.53. The highest BCUT2D eigenvalue weighted by molar-refractivity contribution is 5.95. The molecule has 3 heterocycles. The molecule has 0 radical (unpaired) electrons. The van der Waals surface area contributed by atoms with Gasteiger partial charge in [-0.1, -0.05) is 13.8 Å². The SMILES string of the molecule is Cc1ccn(CCC(C)C)c(=O)c1C(=O)N1C[C@@H]2CNC[C@]2(CO)C1.Cl. The monoisotopic (exact) mass is 383 g/mol. The number of halogens is 1. The van der Waals surface area contributed by atoms with Gasteiger partial charge in [-0.3, -0.25) is 9.59 Å². The van der Waals surface area contributed by atoms with Gasteiger partial charge in [0.15, 0.2) is 0 Å². The highest BCUT2D eigenvalue weighted by Gasteiger charge is 2.50. The Morgan fingerprint density at radius 2 is 2.19 bits per heavy atom. The summed E-state index contributed by atoms with van der Waals surface area (Å²) in [5, 5.41) is 13.1. The van der Waals surface area contributed by atoms with Crippen molar-refractivity contribution in [2.75, 3.05) is 32.8 Å². The van der Waals surface area contributed by atoms with Crippen LogP contribution in [-0.4, -0.2) is 53.3 Å². The molecule has 2 N–H and O–H groups in total. The van der Waals surface area contributed by atoms with E-state index in [1.165, 1.54) is 0 Å². The minimum Gasteiger partial charge on any atom is -0.396 e. The zero-order valence-corrected chi connectivity index (χ0v) is 16.6. The highest BCUT2D eigenvalue weighted by atomic mass is 35.5. The van der Waals surface area contributed by atoms with Gasteiger partial charge in [-0.15, -0.1) is 12.4 Å². The van der Waals surface area contributed by atoms with E-state index in [1.54, 1.807) is 15.7 Å². The lowest BCUT2D eigenvalue weighted by Crippen LogP contribution is -2.40. The van der Waals surface area contributed by atoms with Gasteiger partial charge in [0.25, 0.3) is 11.5 Å². The van der Waals surface area contributed by atoms with Gasteiger partial charge in [0.05, 0.1) is 6.61 Å². The van der Waals surface area contributed by atoms with Crippen molar-refractivity contribution in [3.8, 4) is 0 Å². The molecule has 1 aromatic heterocycles. The van der Waals surface area contributed by atoms with Crippen molar-refractivity contribution in [3.63, 3.8) is 0 Å². The number of hydrogen-bond acceptors (Lipinski definition) is 4. The maximum absolute atomic E-state index is 13.1. The number of amides is 1. The standard InChI is InChI=1S/C19H29N3O3.ClH/c1-13(2)4-6-21-7-5-14(3)16(17(21)24)18(25)22-9-15-8-20-10-19(15,11-22)12-23;/h5,7,13,15,20,23H,4,6,8-12H2,1-3H3;1H/t15-,19+;/m0./s1. The molecule has 1 aromatic rings. The first-order chi connectivity index (χ1) is 11.9. The molecule has 2 aliphatic heterocycles. The predicted octanol–water partition coefficient (Wildman–Crippen LogP) is 1.28. The van der Waals surface area contributed by atoms with E-state index in [1.807, 2.05) is 13.0 Å². The van der Waals surface area contributed by atoms with Crippen LogP contribution >= 0.6 is 12.4 Å². The molecule has 2 saturated heterocycles. The fourth-order valence-electron chi connectivity index (χ4n) is 4.06. The van der Waals surface area contributed by atoms with Crippen LogP contribution in [0.1, 0.15) is 36.2 Å². The van der Waals surface area contributed by atoms with E-state index < -0.39 is 0 Å². The fourth-order valence-corrected chi connectivity index (χ4v) is 4.06. The number of nitrogens with zero attached hydrogens (tertiary/aromatic N) is 2. The van der Waals surface area contributed by atoms with Gasteiger partial charge < -0.3 is 19.9 Å². The number of aryl methyl sites for hydroxylation is 2. The van der Waals surface area contributed by atoms with Crippen LogP contribution in [0.25, 0.3) is 0 Å². The summed E-state index contributed by atoms with van der Waals surface area (Å²) < 4.78 is 1.65. The molecule has 6 nitrogen and oxygen atoms in total. The number of hydrogen-bond donors (Lipinski definition) is 2. The number of aromatic nitrogens is 1. The van der Waals surface area contributed by atoms with E-state index in [0.717, 1.165) is 25.1 Å². The van der Waals surface area contributed by atoms with Crippen molar-refractivity contribution in [1.29, 1.82) is 0 Å². The van der Waals surface area contributed by atoms with Crippen LogP contribution in [0.2, 0.25) is 0 Å². The minimum absolute atomic E-state index is 0. The molecule has 1 amide bonds. The van der Waals surface area contributed by atoms with Gasteiger partial charge in [-0.05, 0) is 36.8 Å². The highest BCUT2D eigenvalue weighted by Crippen LogP contribution is 2.38. The summed E-state index contributed by atoms with van der Waals surface area (Å²) in [5.74, 6) is 0.569. The number of fused-ring (bicyclic) bond motifs is 1. The van der Waals surface area contributed by atoms with Gasteiger partial charge in [0.1, 0.15) is 5.56 Å². The van der Waals surface area contributed by atoms with Crippen molar-refractivity contribution in [3.05, 3.63) is 33.7 Å². The first kappa shape index (κ1) is 20.9. The van der Waals surface area contributed by atoms with Crippen molar-refractivity contribution >= 4 is 18.3 Å². The number of aliphatic hydroxyl groups is 1. The van der Waals surface area contributed by atoms with E-state index in [2.05, 4.69) is 19.2 Å². The van der Waals surface area contributed by atoms with E-state index in [9.17, 15) is 14.7 Å². The Morgan fingerprint density at radius 1 is 1.46 bits per heavy atom. The second-order valence-electron chi connectivity index (χ2n) is 8.09. The molecular formula is C19H30ClN3O3. The topological polar surface area (TPSA) is 74.6 Å². The van der Waals surface area contributed by atoms with Crippen LogP contribution < -0.4 is 10.9 Å². The zero-order chi connectivity index (χ0) is 18.2. The number of carbonyl (C=O) groups is 1. The van der Waals surface area contributed by atoms with E-state index >= 15 is 0 Å². The molecule has 0 aliphatic carbocycles. The lowest BCUT2D eigenvalue weighted by atomic mass is 9.82. The second-order valence-corrected chi connectivity index (χ2v) is 8.09. The Balaban J connectivity index is 0.00000243. The largest absolute Gasteiger partial charge is 0.396 e. The molecule has 2 atom stereocenters. The molecule has 0 spiro atoms. The average molecular weight is 384 g/mol. The Morgan fingerprint density at radius 3 is 2.81 bits per heavy atom. The van der Waals surface area contributed by atoms with Crippen molar-refractivity contribution in [2.45, 2.75) is 33.7 Å². The molecule has 2 aliphatic rings. The number of rotatable bonds is 5. The maximum Gasteiger partial charge on any atom is 0.263 e. The summed E-state index contributed by atoms with van der Waals surface area (Å²) in [6.07, 6.45) is 2.69. The molecule has 146 valence electrons. The number of nitrogens with one attached hydrogen (secondary N) is 1. The van der Waals surface area contributed by atoms with Crippen molar-refractivity contribution < 1.29 is 9.90 Å². The minimum atomic E-state index is -0.255. The summed E-state index contributed by atoms with van der Waals surface area (Å²) in [4.78, 5) is 27.7.